The van der Waals surface area contributed by atoms with Crippen molar-refractivity contribution in [3.05, 3.63) is 35.9 Å². The fourth-order valence-electron chi connectivity index (χ4n) is 1.24. The van der Waals surface area contributed by atoms with Crippen LogP contribution in [0.25, 0.3) is 0 Å². The van der Waals surface area contributed by atoms with E-state index in [0.29, 0.717) is 0 Å². The van der Waals surface area contributed by atoms with Crippen LogP contribution in [0.3, 0.4) is 0 Å². The van der Waals surface area contributed by atoms with Gasteiger partial charge in [-0.1, -0.05) is 30.3 Å². The van der Waals surface area contributed by atoms with Gasteiger partial charge in [-0.05, 0) is 19.4 Å². The van der Waals surface area contributed by atoms with Gasteiger partial charge in [0.15, 0.2) is 0 Å². The number of hydrogen-bond acceptors (Lipinski definition) is 2. The number of carbonyl (C=O) groups is 2. The van der Waals surface area contributed by atoms with Gasteiger partial charge in [0.05, 0.1) is 11.8 Å². The molecule has 0 aromatic heterocycles. The molecule has 0 bridgehead atoms. The molecule has 1 aromatic rings. The fraction of sp³-hybridized carbons (Fsp3) is 0.385. The number of rotatable bonds is 5. The SMILES string of the molecule is CC(C)(CNC(=O)Cc1ccccc1)C(=O)O. The van der Waals surface area contributed by atoms with Gasteiger partial charge in [-0.3, -0.25) is 9.59 Å². The Balaban J connectivity index is 2.44. The van der Waals surface area contributed by atoms with Crippen molar-refractivity contribution in [2.24, 2.45) is 5.41 Å². The number of carboxylic acid groups (broad SMARTS) is 1. The van der Waals surface area contributed by atoms with Crippen LogP contribution in [0.1, 0.15) is 19.4 Å². The molecule has 0 radical (unpaired) electrons. The summed E-state index contributed by atoms with van der Waals surface area (Å²) in [5, 5.41) is 11.5. The van der Waals surface area contributed by atoms with Crippen LogP contribution in [0.15, 0.2) is 30.3 Å². The van der Waals surface area contributed by atoms with Crippen molar-refractivity contribution in [1.82, 2.24) is 5.32 Å². The van der Waals surface area contributed by atoms with E-state index in [4.69, 9.17) is 5.11 Å². The van der Waals surface area contributed by atoms with Crippen LogP contribution in [0.5, 0.6) is 0 Å². The van der Waals surface area contributed by atoms with Crippen molar-refractivity contribution in [1.29, 1.82) is 0 Å². The molecule has 1 rings (SSSR count). The highest BCUT2D eigenvalue weighted by atomic mass is 16.4. The second kappa shape index (κ2) is 5.48. The Morgan fingerprint density at radius 3 is 2.35 bits per heavy atom. The Labute approximate surface area is 101 Å². The lowest BCUT2D eigenvalue weighted by Gasteiger charge is -2.19. The van der Waals surface area contributed by atoms with Crippen molar-refractivity contribution in [3.8, 4) is 0 Å². The minimum atomic E-state index is -0.938. The van der Waals surface area contributed by atoms with Gasteiger partial charge in [0.25, 0.3) is 0 Å². The van der Waals surface area contributed by atoms with Gasteiger partial charge < -0.3 is 10.4 Å². The van der Waals surface area contributed by atoms with Gasteiger partial charge in [0.2, 0.25) is 5.91 Å². The van der Waals surface area contributed by atoms with E-state index in [1.807, 2.05) is 30.3 Å². The van der Waals surface area contributed by atoms with E-state index in [2.05, 4.69) is 5.32 Å². The van der Waals surface area contributed by atoms with Gasteiger partial charge in [0.1, 0.15) is 0 Å². The first-order chi connectivity index (χ1) is 7.92. The van der Waals surface area contributed by atoms with Crippen molar-refractivity contribution >= 4 is 11.9 Å². The van der Waals surface area contributed by atoms with Gasteiger partial charge in [-0.2, -0.15) is 0 Å². The number of carbonyl (C=O) groups excluding carboxylic acids is 1. The van der Waals surface area contributed by atoms with Crippen LogP contribution in [0.4, 0.5) is 0 Å². The summed E-state index contributed by atoms with van der Waals surface area (Å²) in [4.78, 5) is 22.4. The highest BCUT2D eigenvalue weighted by molar-refractivity contribution is 5.80. The molecular weight excluding hydrogens is 218 g/mol. The summed E-state index contributed by atoms with van der Waals surface area (Å²) in [6.45, 7) is 3.30. The Morgan fingerprint density at radius 2 is 1.82 bits per heavy atom. The van der Waals surface area contributed by atoms with Crippen LogP contribution in [0, 0.1) is 5.41 Å². The molecule has 1 amide bonds. The summed E-state index contributed by atoms with van der Waals surface area (Å²) in [5.41, 5.74) is -0.0232. The van der Waals surface area contributed by atoms with E-state index < -0.39 is 11.4 Å². The van der Waals surface area contributed by atoms with Crippen LogP contribution in [-0.2, 0) is 16.0 Å². The van der Waals surface area contributed by atoms with Gasteiger partial charge >= 0.3 is 5.97 Å². The van der Waals surface area contributed by atoms with Gasteiger partial charge in [-0.15, -0.1) is 0 Å². The molecular formula is C13H17NO3. The van der Waals surface area contributed by atoms with E-state index in [1.165, 1.54) is 0 Å². The van der Waals surface area contributed by atoms with Crippen molar-refractivity contribution < 1.29 is 14.7 Å². The zero-order valence-corrected chi connectivity index (χ0v) is 10.1. The number of hydrogen-bond donors (Lipinski definition) is 2. The molecule has 2 N–H and O–H groups in total. The molecule has 0 aliphatic carbocycles. The van der Waals surface area contributed by atoms with E-state index in [-0.39, 0.29) is 18.9 Å². The third kappa shape index (κ3) is 4.26. The second-order valence-corrected chi connectivity index (χ2v) is 4.63. The zero-order chi connectivity index (χ0) is 12.9. The Bertz CT molecular complexity index is 398. The first-order valence-corrected chi connectivity index (χ1v) is 5.46. The fourth-order valence-corrected chi connectivity index (χ4v) is 1.24. The molecule has 0 fully saturated rings. The number of nitrogens with one attached hydrogen (secondary N) is 1. The smallest absolute Gasteiger partial charge is 0.310 e. The standard InChI is InChI=1S/C13H17NO3/c1-13(2,12(16)17)9-14-11(15)8-10-6-4-3-5-7-10/h3-7H,8-9H2,1-2H3,(H,14,15)(H,16,17). The molecule has 0 spiro atoms. The summed E-state index contributed by atoms with van der Waals surface area (Å²) in [7, 11) is 0. The lowest BCUT2D eigenvalue weighted by molar-refractivity contribution is -0.146. The van der Waals surface area contributed by atoms with Crippen LogP contribution < -0.4 is 5.32 Å². The van der Waals surface area contributed by atoms with Crippen molar-refractivity contribution in [3.63, 3.8) is 0 Å². The highest BCUT2D eigenvalue weighted by Crippen LogP contribution is 2.13. The molecule has 17 heavy (non-hydrogen) atoms. The number of carboxylic acids is 1. The van der Waals surface area contributed by atoms with Crippen LogP contribution >= 0.6 is 0 Å². The minimum absolute atomic E-state index is 0.133. The molecule has 0 atom stereocenters. The first kappa shape index (κ1) is 13.2. The highest BCUT2D eigenvalue weighted by Gasteiger charge is 2.27. The summed E-state index contributed by atoms with van der Waals surface area (Å²) in [6, 6.07) is 9.34. The summed E-state index contributed by atoms with van der Waals surface area (Å²) in [5.74, 6) is -1.08. The van der Waals surface area contributed by atoms with E-state index in [0.717, 1.165) is 5.56 Å². The minimum Gasteiger partial charge on any atom is -0.481 e. The lowest BCUT2D eigenvalue weighted by Crippen LogP contribution is -2.39. The topological polar surface area (TPSA) is 66.4 Å². The number of aliphatic carboxylic acids is 1. The Kier molecular flexibility index (Phi) is 4.26. The van der Waals surface area contributed by atoms with Gasteiger partial charge in [-0.25, -0.2) is 0 Å². The zero-order valence-electron chi connectivity index (χ0n) is 10.1. The maximum absolute atomic E-state index is 11.6. The maximum atomic E-state index is 11.6. The predicted molar refractivity (Wildman–Crippen MR) is 64.6 cm³/mol. The van der Waals surface area contributed by atoms with Crippen molar-refractivity contribution in [2.45, 2.75) is 20.3 Å². The average Bonchev–Trinajstić information content (AvgIpc) is 2.28. The van der Waals surface area contributed by atoms with E-state index >= 15 is 0 Å². The molecule has 92 valence electrons. The molecule has 0 unspecified atom stereocenters. The van der Waals surface area contributed by atoms with Crippen molar-refractivity contribution in [2.75, 3.05) is 6.54 Å². The molecule has 1 aromatic carbocycles. The normalized spacial score (nSPS) is 10.9. The quantitative estimate of drug-likeness (QED) is 0.812. The second-order valence-electron chi connectivity index (χ2n) is 4.63. The molecule has 4 heteroatoms. The van der Waals surface area contributed by atoms with Crippen LogP contribution in [-0.4, -0.2) is 23.5 Å². The summed E-state index contributed by atoms with van der Waals surface area (Å²) < 4.78 is 0. The third-order valence-electron chi connectivity index (χ3n) is 2.51. The Morgan fingerprint density at radius 1 is 1.24 bits per heavy atom. The molecule has 0 heterocycles. The molecule has 0 aliphatic heterocycles. The monoisotopic (exact) mass is 235 g/mol. The molecule has 4 nitrogen and oxygen atoms in total. The maximum Gasteiger partial charge on any atom is 0.310 e. The first-order valence-electron chi connectivity index (χ1n) is 5.46. The Hall–Kier alpha value is -1.84. The molecule has 0 saturated heterocycles. The van der Waals surface area contributed by atoms with Crippen LogP contribution in [0.2, 0.25) is 0 Å². The van der Waals surface area contributed by atoms with E-state index in [9.17, 15) is 9.59 Å². The third-order valence-corrected chi connectivity index (χ3v) is 2.51. The van der Waals surface area contributed by atoms with E-state index in [1.54, 1.807) is 13.8 Å². The summed E-state index contributed by atoms with van der Waals surface area (Å²) in [6.07, 6.45) is 0.274. The summed E-state index contributed by atoms with van der Waals surface area (Å²) >= 11 is 0. The van der Waals surface area contributed by atoms with Gasteiger partial charge in [0, 0.05) is 6.54 Å². The average molecular weight is 235 g/mol. The molecule has 0 aliphatic rings. The predicted octanol–water partition coefficient (Wildman–Crippen LogP) is 1.46. The lowest BCUT2D eigenvalue weighted by atomic mass is 9.94. The number of benzene rings is 1. The number of amides is 1. The largest absolute Gasteiger partial charge is 0.481 e. The molecule has 0 saturated carbocycles.